The summed E-state index contributed by atoms with van der Waals surface area (Å²) in [7, 11) is 0. The molecule has 1 aromatic rings. The summed E-state index contributed by atoms with van der Waals surface area (Å²) < 4.78 is 5.60. The summed E-state index contributed by atoms with van der Waals surface area (Å²) in [4.78, 5) is 0. The number of ether oxygens (including phenoxy) is 1. The molecule has 0 amide bonds. The van der Waals surface area contributed by atoms with Gasteiger partial charge in [0.25, 0.3) is 0 Å². The van der Waals surface area contributed by atoms with Gasteiger partial charge in [0.1, 0.15) is 5.75 Å². The molecule has 0 saturated carbocycles. The molecule has 0 aliphatic carbocycles. The van der Waals surface area contributed by atoms with Crippen molar-refractivity contribution in [3.8, 4) is 18.1 Å². The first-order valence-electron chi connectivity index (χ1n) is 6.24. The molecule has 0 spiro atoms. The van der Waals surface area contributed by atoms with E-state index in [0.717, 1.165) is 37.3 Å². The minimum absolute atomic E-state index is 0.00954. The summed E-state index contributed by atoms with van der Waals surface area (Å²) in [6.07, 6.45) is 7.72. The minimum Gasteiger partial charge on any atom is -0.494 e. The van der Waals surface area contributed by atoms with Gasteiger partial charge in [0.15, 0.2) is 0 Å². The predicted molar refractivity (Wildman–Crippen MR) is 72.1 cm³/mol. The van der Waals surface area contributed by atoms with E-state index < -0.39 is 0 Å². The van der Waals surface area contributed by atoms with Gasteiger partial charge in [-0.2, -0.15) is 0 Å². The number of hydrogen-bond donors (Lipinski definition) is 1. The Labute approximate surface area is 104 Å². The fourth-order valence-electron chi connectivity index (χ4n) is 1.57. The van der Waals surface area contributed by atoms with Crippen LogP contribution < -0.4 is 10.1 Å². The topological polar surface area (TPSA) is 21.3 Å². The first-order valence-corrected chi connectivity index (χ1v) is 6.24. The third-order valence-corrected chi connectivity index (χ3v) is 2.55. The van der Waals surface area contributed by atoms with Crippen molar-refractivity contribution in [1.82, 2.24) is 5.32 Å². The standard InChI is InChI=1S/C15H21NO/c1-4-7-12-17-14-10-8-13(9-11-14)15(5-2)16-6-3/h2,8-11,15-16H,4,6-7,12H2,1,3H3. The van der Waals surface area contributed by atoms with Gasteiger partial charge >= 0.3 is 0 Å². The predicted octanol–water partition coefficient (Wildman–Crippen LogP) is 3.15. The molecule has 1 unspecified atom stereocenters. The van der Waals surface area contributed by atoms with E-state index in [4.69, 9.17) is 11.2 Å². The zero-order valence-electron chi connectivity index (χ0n) is 10.7. The fourth-order valence-corrected chi connectivity index (χ4v) is 1.57. The molecular formula is C15H21NO. The third kappa shape index (κ3) is 4.50. The van der Waals surface area contributed by atoms with Gasteiger partial charge in [-0.25, -0.2) is 0 Å². The highest BCUT2D eigenvalue weighted by atomic mass is 16.5. The highest BCUT2D eigenvalue weighted by Gasteiger charge is 2.05. The maximum absolute atomic E-state index is 5.60. The molecule has 2 nitrogen and oxygen atoms in total. The zero-order chi connectivity index (χ0) is 12.5. The van der Waals surface area contributed by atoms with Crippen LogP contribution in [-0.4, -0.2) is 13.2 Å². The summed E-state index contributed by atoms with van der Waals surface area (Å²) in [6.45, 7) is 5.85. The van der Waals surface area contributed by atoms with Crippen molar-refractivity contribution in [1.29, 1.82) is 0 Å². The van der Waals surface area contributed by atoms with E-state index in [0.29, 0.717) is 0 Å². The Morgan fingerprint density at radius 2 is 2.00 bits per heavy atom. The van der Waals surface area contributed by atoms with Crippen LogP contribution in [0.2, 0.25) is 0 Å². The molecule has 1 rings (SSSR count). The Hall–Kier alpha value is -1.46. The molecule has 92 valence electrons. The average molecular weight is 231 g/mol. The van der Waals surface area contributed by atoms with Crippen molar-refractivity contribution in [3.05, 3.63) is 29.8 Å². The Morgan fingerprint density at radius 3 is 2.53 bits per heavy atom. The normalized spacial score (nSPS) is 11.8. The number of unbranched alkanes of at least 4 members (excludes halogenated alkanes) is 1. The molecule has 2 heteroatoms. The number of nitrogens with one attached hydrogen (secondary N) is 1. The summed E-state index contributed by atoms with van der Waals surface area (Å²) in [5.74, 6) is 3.65. The lowest BCUT2D eigenvalue weighted by atomic mass is 10.1. The Balaban J connectivity index is 2.57. The maximum Gasteiger partial charge on any atom is 0.119 e. The molecule has 0 heterocycles. The van der Waals surface area contributed by atoms with Gasteiger partial charge in [-0.3, -0.25) is 0 Å². The van der Waals surface area contributed by atoms with Crippen molar-refractivity contribution in [3.63, 3.8) is 0 Å². The first kappa shape index (κ1) is 13.6. The summed E-state index contributed by atoms with van der Waals surface area (Å²) in [5, 5.41) is 3.24. The number of rotatable bonds is 7. The number of hydrogen-bond acceptors (Lipinski definition) is 2. The van der Waals surface area contributed by atoms with Crippen LogP contribution in [-0.2, 0) is 0 Å². The second kappa shape index (κ2) is 7.76. The van der Waals surface area contributed by atoms with E-state index >= 15 is 0 Å². The second-order valence-electron chi connectivity index (χ2n) is 3.93. The second-order valence-corrected chi connectivity index (χ2v) is 3.93. The maximum atomic E-state index is 5.60. The van der Waals surface area contributed by atoms with E-state index in [9.17, 15) is 0 Å². The summed E-state index contributed by atoms with van der Waals surface area (Å²) in [5.41, 5.74) is 1.11. The van der Waals surface area contributed by atoms with Crippen LogP contribution in [0.3, 0.4) is 0 Å². The molecule has 0 aliphatic heterocycles. The monoisotopic (exact) mass is 231 g/mol. The highest BCUT2D eigenvalue weighted by molar-refractivity contribution is 5.32. The average Bonchev–Trinajstić information content (AvgIpc) is 2.37. The molecule has 0 bridgehead atoms. The summed E-state index contributed by atoms with van der Waals surface area (Å²) in [6, 6.07) is 7.99. The van der Waals surface area contributed by atoms with Crippen LogP contribution >= 0.6 is 0 Å². The van der Waals surface area contributed by atoms with E-state index in [1.807, 2.05) is 31.2 Å². The van der Waals surface area contributed by atoms with Crippen molar-refractivity contribution in [2.45, 2.75) is 32.7 Å². The lowest BCUT2D eigenvalue weighted by Crippen LogP contribution is -2.19. The van der Waals surface area contributed by atoms with Crippen LogP contribution in [0, 0.1) is 12.3 Å². The lowest BCUT2D eigenvalue weighted by molar-refractivity contribution is 0.309. The van der Waals surface area contributed by atoms with Gasteiger partial charge < -0.3 is 10.1 Å². The van der Waals surface area contributed by atoms with E-state index in [-0.39, 0.29) is 6.04 Å². The van der Waals surface area contributed by atoms with Crippen LogP contribution in [0.1, 0.15) is 38.3 Å². The van der Waals surface area contributed by atoms with Crippen LogP contribution in [0.25, 0.3) is 0 Å². The van der Waals surface area contributed by atoms with E-state index in [1.165, 1.54) is 0 Å². The van der Waals surface area contributed by atoms with Crippen molar-refractivity contribution < 1.29 is 4.74 Å². The number of benzene rings is 1. The molecule has 17 heavy (non-hydrogen) atoms. The zero-order valence-corrected chi connectivity index (χ0v) is 10.7. The van der Waals surface area contributed by atoms with Gasteiger partial charge in [0.2, 0.25) is 0 Å². The quantitative estimate of drug-likeness (QED) is 0.575. The first-order chi connectivity index (χ1) is 8.31. The molecule has 0 saturated heterocycles. The third-order valence-electron chi connectivity index (χ3n) is 2.55. The molecule has 0 radical (unpaired) electrons. The molecule has 1 atom stereocenters. The van der Waals surface area contributed by atoms with Crippen molar-refractivity contribution in [2.24, 2.45) is 0 Å². The Morgan fingerprint density at radius 1 is 1.29 bits per heavy atom. The number of terminal acetylenes is 1. The Bertz CT molecular complexity index is 350. The van der Waals surface area contributed by atoms with Crippen LogP contribution in [0.5, 0.6) is 5.75 Å². The lowest BCUT2D eigenvalue weighted by Gasteiger charge is -2.12. The highest BCUT2D eigenvalue weighted by Crippen LogP contribution is 2.17. The molecule has 0 aliphatic rings. The molecule has 1 aromatic carbocycles. The van der Waals surface area contributed by atoms with Gasteiger partial charge in [-0.1, -0.05) is 38.3 Å². The fraction of sp³-hybridized carbons (Fsp3) is 0.467. The smallest absolute Gasteiger partial charge is 0.119 e. The van der Waals surface area contributed by atoms with Crippen LogP contribution in [0.15, 0.2) is 24.3 Å². The van der Waals surface area contributed by atoms with E-state index in [1.54, 1.807) is 0 Å². The van der Waals surface area contributed by atoms with Crippen molar-refractivity contribution in [2.75, 3.05) is 13.2 Å². The van der Waals surface area contributed by atoms with Gasteiger partial charge in [0, 0.05) is 0 Å². The molecular weight excluding hydrogens is 210 g/mol. The molecule has 0 fully saturated rings. The Kier molecular flexibility index (Phi) is 6.21. The van der Waals surface area contributed by atoms with Crippen molar-refractivity contribution >= 4 is 0 Å². The minimum atomic E-state index is -0.00954. The SMILES string of the molecule is C#CC(NCC)c1ccc(OCCCC)cc1. The van der Waals surface area contributed by atoms with Gasteiger partial charge in [-0.15, -0.1) is 6.42 Å². The van der Waals surface area contributed by atoms with Crippen LogP contribution in [0.4, 0.5) is 0 Å². The van der Waals surface area contributed by atoms with Gasteiger partial charge in [-0.05, 0) is 30.7 Å². The molecule has 1 N–H and O–H groups in total. The molecule has 0 aromatic heterocycles. The van der Waals surface area contributed by atoms with E-state index in [2.05, 4.69) is 18.2 Å². The largest absolute Gasteiger partial charge is 0.494 e. The summed E-state index contributed by atoms with van der Waals surface area (Å²) >= 11 is 0. The van der Waals surface area contributed by atoms with Gasteiger partial charge in [0.05, 0.1) is 12.6 Å².